The standard InChI is InChI=1S/C5H9N6/c1-11-4(6)2-8-5(11)9-3-10(11)7/h3,6H,2,7H2,1H3/q+1. The maximum Gasteiger partial charge on any atom is 0.359 e. The van der Waals surface area contributed by atoms with Crippen molar-refractivity contribution in [1.82, 2.24) is 5.12 Å². The van der Waals surface area contributed by atoms with Gasteiger partial charge in [-0.1, -0.05) is 4.59 Å². The number of hydrogen-bond donors (Lipinski definition) is 2. The third-order valence-electron chi connectivity index (χ3n) is 2.04. The number of likely N-dealkylation sites (N-methyl/N-ethyl adjacent to an activating group) is 1. The first-order valence-corrected chi connectivity index (χ1v) is 3.24. The van der Waals surface area contributed by atoms with Gasteiger partial charge < -0.3 is 0 Å². The molecule has 0 amide bonds. The molecule has 6 heteroatoms. The fourth-order valence-electron chi connectivity index (χ4n) is 1.15. The monoisotopic (exact) mass is 153 g/mol. The van der Waals surface area contributed by atoms with E-state index in [1.165, 1.54) is 11.5 Å². The Morgan fingerprint density at radius 2 is 2.55 bits per heavy atom. The van der Waals surface area contributed by atoms with Crippen LogP contribution in [0.3, 0.4) is 0 Å². The number of rotatable bonds is 0. The van der Waals surface area contributed by atoms with Crippen molar-refractivity contribution >= 4 is 18.1 Å². The number of nitrogens with two attached hydrogens (primary N) is 1. The van der Waals surface area contributed by atoms with Crippen molar-refractivity contribution in [3.05, 3.63) is 0 Å². The molecule has 0 saturated carbocycles. The minimum Gasteiger partial charge on any atom is -0.250 e. The maximum atomic E-state index is 7.56. The number of guanidine groups is 1. The molecule has 2 aliphatic heterocycles. The number of hydrazine groups is 1. The second kappa shape index (κ2) is 1.66. The zero-order valence-electron chi connectivity index (χ0n) is 6.15. The molecule has 0 aliphatic carbocycles. The molecule has 0 aromatic rings. The summed E-state index contributed by atoms with van der Waals surface area (Å²) in [5.74, 6) is 6.62. The molecule has 2 aliphatic rings. The molecule has 3 N–H and O–H groups in total. The third kappa shape index (κ3) is 0.553. The summed E-state index contributed by atoms with van der Waals surface area (Å²) >= 11 is 0. The summed E-state index contributed by atoms with van der Waals surface area (Å²) in [6.45, 7) is 0.400. The van der Waals surface area contributed by atoms with Gasteiger partial charge in [0.2, 0.25) is 0 Å². The van der Waals surface area contributed by atoms with Crippen LogP contribution in [-0.4, -0.2) is 41.4 Å². The Morgan fingerprint density at radius 3 is 3.18 bits per heavy atom. The first-order chi connectivity index (χ1) is 5.15. The van der Waals surface area contributed by atoms with Gasteiger partial charge in [-0.2, -0.15) is 10.8 Å². The summed E-state index contributed by atoms with van der Waals surface area (Å²) in [6, 6.07) is 0. The SMILES string of the molecule is C[N+]12C(=N)CN=C1N=CN2N. The zero-order valence-corrected chi connectivity index (χ0v) is 6.15. The highest BCUT2D eigenvalue weighted by molar-refractivity contribution is 5.99. The van der Waals surface area contributed by atoms with E-state index >= 15 is 0 Å². The van der Waals surface area contributed by atoms with E-state index in [9.17, 15) is 0 Å². The van der Waals surface area contributed by atoms with Gasteiger partial charge in [-0.3, -0.25) is 5.41 Å². The number of fused-ring (bicyclic) bond motifs is 1. The van der Waals surface area contributed by atoms with Crippen LogP contribution >= 0.6 is 0 Å². The van der Waals surface area contributed by atoms with Gasteiger partial charge in [0.05, 0.1) is 0 Å². The number of hydrogen-bond acceptors (Lipinski definition) is 5. The number of nitrogens with zero attached hydrogens (tertiary/aromatic N) is 4. The molecule has 58 valence electrons. The molecule has 0 aromatic heterocycles. The van der Waals surface area contributed by atoms with Crippen LogP contribution in [-0.2, 0) is 0 Å². The summed E-state index contributed by atoms with van der Waals surface area (Å²) in [5, 5.41) is 8.93. The van der Waals surface area contributed by atoms with Gasteiger partial charge in [-0.15, -0.1) is 5.12 Å². The summed E-state index contributed by atoms with van der Waals surface area (Å²) < 4.78 is 0.111. The van der Waals surface area contributed by atoms with E-state index in [1.807, 2.05) is 0 Å². The molecule has 0 bridgehead atoms. The van der Waals surface area contributed by atoms with E-state index in [0.717, 1.165) is 0 Å². The van der Waals surface area contributed by atoms with Gasteiger partial charge >= 0.3 is 5.96 Å². The number of aliphatic imine (C=N–C) groups is 2. The largest absolute Gasteiger partial charge is 0.359 e. The van der Waals surface area contributed by atoms with Crippen LogP contribution in [0.2, 0.25) is 0 Å². The molecule has 0 radical (unpaired) electrons. The van der Waals surface area contributed by atoms with Crippen molar-refractivity contribution in [2.45, 2.75) is 0 Å². The highest BCUT2D eigenvalue weighted by Gasteiger charge is 2.48. The summed E-state index contributed by atoms with van der Waals surface area (Å²) in [6.07, 6.45) is 1.48. The van der Waals surface area contributed by atoms with E-state index in [-0.39, 0.29) is 4.59 Å². The maximum absolute atomic E-state index is 7.56. The zero-order chi connectivity index (χ0) is 8.06. The van der Waals surface area contributed by atoms with E-state index in [4.69, 9.17) is 11.3 Å². The normalized spacial score (nSPS) is 34.5. The predicted molar refractivity (Wildman–Crippen MR) is 40.7 cm³/mol. The Labute approximate surface area is 63.7 Å². The number of amidine groups is 1. The average Bonchev–Trinajstić information content (AvgIpc) is 2.40. The Balaban J connectivity index is 2.50. The van der Waals surface area contributed by atoms with E-state index in [0.29, 0.717) is 18.3 Å². The van der Waals surface area contributed by atoms with Crippen molar-refractivity contribution in [3.63, 3.8) is 0 Å². The Hall–Kier alpha value is -1.27. The molecular formula is C5H9N6+. The quantitative estimate of drug-likeness (QED) is 0.342. The van der Waals surface area contributed by atoms with Gasteiger partial charge in [0.15, 0.2) is 6.34 Å². The molecule has 1 unspecified atom stereocenters. The lowest BCUT2D eigenvalue weighted by Crippen LogP contribution is -2.60. The summed E-state index contributed by atoms with van der Waals surface area (Å²) in [5.41, 5.74) is 0. The fourth-order valence-corrected chi connectivity index (χ4v) is 1.15. The molecule has 0 aromatic carbocycles. The van der Waals surface area contributed by atoms with Crippen LogP contribution in [0.25, 0.3) is 0 Å². The molecule has 0 spiro atoms. The van der Waals surface area contributed by atoms with Gasteiger partial charge in [-0.05, 0) is 0 Å². The smallest absolute Gasteiger partial charge is 0.250 e. The first-order valence-electron chi connectivity index (χ1n) is 3.24. The molecule has 2 heterocycles. The van der Waals surface area contributed by atoms with Crippen LogP contribution in [0, 0.1) is 5.41 Å². The van der Waals surface area contributed by atoms with Crippen molar-refractivity contribution < 1.29 is 4.59 Å². The van der Waals surface area contributed by atoms with Crippen molar-refractivity contribution in [3.8, 4) is 0 Å². The first kappa shape index (κ1) is 6.44. The van der Waals surface area contributed by atoms with Crippen LogP contribution in [0.4, 0.5) is 0 Å². The van der Waals surface area contributed by atoms with Crippen LogP contribution < -0.4 is 5.84 Å². The van der Waals surface area contributed by atoms with Crippen molar-refractivity contribution in [2.24, 2.45) is 15.8 Å². The molecule has 2 rings (SSSR count). The third-order valence-corrected chi connectivity index (χ3v) is 2.04. The van der Waals surface area contributed by atoms with E-state index in [2.05, 4.69) is 9.98 Å². The number of quaternary nitrogens is 1. The van der Waals surface area contributed by atoms with Crippen LogP contribution in [0.5, 0.6) is 0 Å². The Bertz CT molecular complexity index is 279. The van der Waals surface area contributed by atoms with E-state index in [1.54, 1.807) is 7.05 Å². The second-order valence-electron chi connectivity index (χ2n) is 2.65. The lowest BCUT2D eigenvalue weighted by Gasteiger charge is -2.26. The summed E-state index contributed by atoms with van der Waals surface area (Å²) in [4.78, 5) is 8.00. The lowest BCUT2D eigenvalue weighted by molar-refractivity contribution is -0.838. The van der Waals surface area contributed by atoms with Crippen LogP contribution in [0.1, 0.15) is 0 Å². The molecule has 6 nitrogen and oxygen atoms in total. The van der Waals surface area contributed by atoms with E-state index < -0.39 is 0 Å². The van der Waals surface area contributed by atoms with Crippen molar-refractivity contribution in [1.29, 1.82) is 5.41 Å². The Morgan fingerprint density at radius 1 is 1.82 bits per heavy atom. The second-order valence-corrected chi connectivity index (χ2v) is 2.65. The topological polar surface area (TPSA) is 77.8 Å². The molecule has 1 atom stereocenters. The summed E-state index contributed by atoms with van der Waals surface area (Å²) in [7, 11) is 1.79. The molecule has 0 saturated heterocycles. The molecular weight excluding hydrogens is 144 g/mol. The Kier molecular flexibility index (Phi) is 0.972. The highest BCUT2D eigenvalue weighted by atomic mass is 15.9. The molecule has 0 fully saturated rings. The highest BCUT2D eigenvalue weighted by Crippen LogP contribution is 2.19. The lowest BCUT2D eigenvalue weighted by atomic mass is 10.5. The minimum absolute atomic E-state index is 0.111. The van der Waals surface area contributed by atoms with Gasteiger partial charge in [0.25, 0.3) is 5.84 Å². The van der Waals surface area contributed by atoms with Crippen LogP contribution in [0.15, 0.2) is 9.98 Å². The fraction of sp³-hybridized carbons (Fsp3) is 0.400. The van der Waals surface area contributed by atoms with Crippen molar-refractivity contribution in [2.75, 3.05) is 13.6 Å². The number of nitrogens with one attached hydrogen (secondary N) is 1. The molecule has 11 heavy (non-hydrogen) atoms. The minimum atomic E-state index is 0.111. The van der Waals surface area contributed by atoms with Gasteiger partial charge in [-0.25, -0.2) is 4.99 Å². The van der Waals surface area contributed by atoms with Gasteiger partial charge in [0.1, 0.15) is 13.6 Å². The average molecular weight is 153 g/mol. The van der Waals surface area contributed by atoms with Gasteiger partial charge in [0, 0.05) is 0 Å². The predicted octanol–water partition coefficient (Wildman–Crippen LogP) is -1.09.